The zero-order valence-electron chi connectivity index (χ0n) is 9.72. The van der Waals surface area contributed by atoms with E-state index in [1.54, 1.807) is 23.1 Å². The van der Waals surface area contributed by atoms with Gasteiger partial charge < -0.3 is 11.1 Å². The Kier molecular flexibility index (Phi) is 3.61. The molecule has 0 saturated heterocycles. The fraction of sp³-hybridized carbons (Fsp3) is 0.182. The molecule has 2 heterocycles. The van der Waals surface area contributed by atoms with E-state index in [1.165, 1.54) is 0 Å². The number of nitrogens with zero attached hydrogens (tertiary/aromatic N) is 3. The fourth-order valence-corrected chi connectivity index (χ4v) is 1.80. The minimum atomic E-state index is -0.262. The molecule has 0 saturated carbocycles. The summed E-state index contributed by atoms with van der Waals surface area (Å²) in [5.74, 6) is -0.0526. The topological polar surface area (TPSA) is 85.8 Å². The Morgan fingerprint density at radius 3 is 3.06 bits per heavy atom. The number of nitrogen functional groups attached to an aromatic ring is 1. The third-order valence-corrected chi connectivity index (χ3v) is 2.92. The van der Waals surface area contributed by atoms with E-state index in [2.05, 4.69) is 31.3 Å². The Morgan fingerprint density at radius 2 is 2.39 bits per heavy atom. The SMILES string of the molecule is Cn1nccc1CNC(=O)c1cc(Br)cnc1N. The van der Waals surface area contributed by atoms with Crippen molar-refractivity contribution in [1.82, 2.24) is 20.1 Å². The van der Waals surface area contributed by atoms with E-state index in [4.69, 9.17) is 5.73 Å². The molecule has 2 aromatic rings. The molecule has 0 aliphatic carbocycles. The van der Waals surface area contributed by atoms with Crippen LogP contribution in [0.1, 0.15) is 16.1 Å². The van der Waals surface area contributed by atoms with Crippen LogP contribution in [0.25, 0.3) is 0 Å². The van der Waals surface area contributed by atoms with Gasteiger partial charge >= 0.3 is 0 Å². The maximum atomic E-state index is 11.9. The lowest BCUT2D eigenvalue weighted by Crippen LogP contribution is -2.25. The number of anilines is 1. The van der Waals surface area contributed by atoms with Crippen LogP contribution in [0.4, 0.5) is 5.82 Å². The number of amides is 1. The monoisotopic (exact) mass is 309 g/mol. The summed E-state index contributed by atoms with van der Waals surface area (Å²) >= 11 is 3.25. The molecule has 0 fully saturated rings. The highest BCUT2D eigenvalue weighted by molar-refractivity contribution is 9.10. The Labute approximate surface area is 112 Å². The van der Waals surface area contributed by atoms with Gasteiger partial charge in [0.05, 0.1) is 17.8 Å². The van der Waals surface area contributed by atoms with Crippen LogP contribution in [0.15, 0.2) is 29.0 Å². The molecule has 0 aromatic carbocycles. The first-order valence-electron chi connectivity index (χ1n) is 5.24. The van der Waals surface area contributed by atoms with Crippen LogP contribution in [-0.4, -0.2) is 20.7 Å². The van der Waals surface area contributed by atoms with Crippen molar-refractivity contribution in [2.45, 2.75) is 6.54 Å². The molecule has 2 rings (SSSR count). The third kappa shape index (κ3) is 2.67. The van der Waals surface area contributed by atoms with Gasteiger partial charge in [0.2, 0.25) is 0 Å². The number of rotatable bonds is 3. The van der Waals surface area contributed by atoms with Gasteiger partial charge in [-0.3, -0.25) is 9.48 Å². The van der Waals surface area contributed by atoms with Gasteiger partial charge in [-0.05, 0) is 28.1 Å². The molecule has 18 heavy (non-hydrogen) atoms. The summed E-state index contributed by atoms with van der Waals surface area (Å²) in [7, 11) is 1.82. The second-order valence-electron chi connectivity index (χ2n) is 3.72. The summed E-state index contributed by atoms with van der Waals surface area (Å²) in [4.78, 5) is 15.9. The first kappa shape index (κ1) is 12.6. The van der Waals surface area contributed by atoms with E-state index in [-0.39, 0.29) is 11.7 Å². The number of hydrogen-bond donors (Lipinski definition) is 2. The molecule has 3 N–H and O–H groups in total. The van der Waals surface area contributed by atoms with E-state index in [0.29, 0.717) is 16.6 Å². The first-order chi connectivity index (χ1) is 8.58. The van der Waals surface area contributed by atoms with E-state index in [9.17, 15) is 4.79 Å². The van der Waals surface area contributed by atoms with Gasteiger partial charge in [0, 0.05) is 23.9 Å². The van der Waals surface area contributed by atoms with Gasteiger partial charge in [-0.1, -0.05) is 0 Å². The molecule has 6 nitrogen and oxygen atoms in total. The second-order valence-corrected chi connectivity index (χ2v) is 4.63. The summed E-state index contributed by atoms with van der Waals surface area (Å²) in [5, 5.41) is 6.79. The van der Waals surface area contributed by atoms with Crippen LogP contribution >= 0.6 is 15.9 Å². The summed E-state index contributed by atoms with van der Waals surface area (Å²) in [6.07, 6.45) is 3.23. The van der Waals surface area contributed by atoms with E-state index < -0.39 is 0 Å². The lowest BCUT2D eigenvalue weighted by atomic mass is 10.2. The van der Waals surface area contributed by atoms with E-state index >= 15 is 0 Å². The number of pyridine rings is 1. The van der Waals surface area contributed by atoms with Crippen LogP contribution < -0.4 is 11.1 Å². The minimum absolute atomic E-state index is 0.209. The molecule has 0 unspecified atom stereocenters. The van der Waals surface area contributed by atoms with Gasteiger partial charge in [0.1, 0.15) is 5.82 Å². The maximum absolute atomic E-state index is 11.9. The molecular formula is C11H12BrN5O. The smallest absolute Gasteiger partial charge is 0.255 e. The Morgan fingerprint density at radius 1 is 1.61 bits per heavy atom. The number of nitrogens with two attached hydrogens (primary N) is 1. The van der Waals surface area contributed by atoms with E-state index in [0.717, 1.165) is 5.69 Å². The molecule has 7 heteroatoms. The van der Waals surface area contributed by atoms with Crippen LogP contribution in [0.3, 0.4) is 0 Å². The van der Waals surface area contributed by atoms with Gasteiger partial charge in [-0.2, -0.15) is 5.10 Å². The summed E-state index contributed by atoms with van der Waals surface area (Å²) < 4.78 is 2.41. The number of nitrogens with one attached hydrogen (secondary N) is 1. The highest BCUT2D eigenvalue weighted by atomic mass is 79.9. The van der Waals surface area contributed by atoms with Gasteiger partial charge in [0.15, 0.2) is 0 Å². The predicted octanol–water partition coefficient (Wildman–Crippen LogP) is 1.09. The lowest BCUT2D eigenvalue weighted by Gasteiger charge is -2.07. The molecule has 0 aliphatic heterocycles. The lowest BCUT2D eigenvalue weighted by molar-refractivity contribution is 0.0950. The van der Waals surface area contributed by atoms with Crippen molar-refractivity contribution in [2.24, 2.45) is 7.05 Å². The predicted molar refractivity (Wildman–Crippen MR) is 70.7 cm³/mol. The maximum Gasteiger partial charge on any atom is 0.255 e. The highest BCUT2D eigenvalue weighted by Gasteiger charge is 2.11. The third-order valence-electron chi connectivity index (χ3n) is 2.48. The standard InChI is InChI=1S/C11H12BrN5O/c1-17-8(2-3-16-17)6-15-11(18)9-4-7(12)5-14-10(9)13/h2-5H,6H2,1H3,(H2,13,14)(H,15,18). The van der Waals surface area contributed by atoms with Gasteiger partial charge in [-0.15, -0.1) is 0 Å². The molecular weight excluding hydrogens is 298 g/mol. The summed E-state index contributed by atoms with van der Waals surface area (Å²) in [6, 6.07) is 3.48. The second kappa shape index (κ2) is 5.18. The number of aromatic nitrogens is 3. The average Bonchev–Trinajstić information content (AvgIpc) is 2.75. The number of aryl methyl sites for hydroxylation is 1. The van der Waals surface area contributed by atoms with Crippen LogP contribution in [0, 0.1) is 0 Å². The summed E-state index contributed by atoms with van der Waals surface area (Å²) in [6.45, 7) is 0.390. The molecule has 2 aromatic heterocycles. The quantitative estimate of drug-likeness (QED) is 0.888. The number of halogens is 1. The molecule has 0 atom stereocenters. The van der Waals surface area contributed by atoms with Crippen molar-refractivity contribution in [3.8, 4) is 0 Å². The average molecular weight is 310 g/mol. The van der Waals surface area contributed by atoms with Crippen LogP contribution in [0.5, 0.6) is 0 Å². The zero-order valence-corrected chi connectivity index (χ0v) is 11.3. The van der Waals surface area contributed by atoms with Crippen LogP contribution in [0.2, 0.25) is 0 Å². The Hall–Kier alpha value is -1.89. The molecule has 94 valence electrons. The molecule has 0 aliphatic rings. The van der Waals surface area contributed by atoms with Gasteiger partial charge in [0.25, 0.3) is 5.91 Å². The zero-order chi connectivity index (χ0) is 13.1. The van der Waals surface area contributed by atoms with Crippen molar-refractivity contribution in [3.63, 3.8) is 0 Å². The molecule has 0 spiro atoms. The van der Waals surface area contributed by atoms with Crippen molar-refractivity contribution in [2.75, 3.05) is 5.73 Å². The highest BCUT2D eigenvalue weighted by Crippen LogP contribution is 2.15. The van der Waals surface area contributed by atoms with Crippen molar-refractivity contribution < 1.29 is 4.79 Å². The molecule has 0 bridgehead atoms. The normalized spacial score (nSPS) is 10.3. The Balaban J connectivity index is 2.08. The first-order valence-corrected chi connectivity index (χ1v) is 6.03. The van der Waals surface area contributed by atoms with Crippen LogP contribution in [-0.2, 0) is 13.6 Å². The summed E-state index contributed by atoms with van der Waals surface area (Å²) in [5.41, 5.74) is 6.92. The van der Waals surface area contributed by atoms with Crippen molar-refractivity contribution in [1.29, 1.82) is 0 Å². The fourth-order valence-electron chi connectivity index (χ4n) is 1.47. The van der Waals surface area contributed by atoms with E-state index in [1.807, 2.05) is 13.1 Å². The largest absolute Gasteiger partial charge is 0.383 e. The van der Waals surface area contributed by atoms with Crippen molar-refractivity contribution in [3.05, 3.63) is 40.3 Å². The minimum Gasteiger partial charge on any atom is -0.383 e. The molecule has 0 radical (unpaired) electrons. The number of hydrogen-bond acceptors (Lipinski definition) is 4. The number of carbonyl (C=O) groups is 1. The number of carbonyl (C=O) groups excluding carboxylic acids is 1. The van der Waals surface area contributed by atoms with Gasteiger partial charge in [-0.25, -0.2) is 4.98 Å². The molecule has 1 amide bonds. The Bertz CT molecular complexity index is 581. The van der Waals surface area contributed by atoms with Crippen molar-refractivity contribution >= 4 is 27.7 Å².